The summed E-state index contributed by atoms with van der Waals surface area (Å²) in [7, 11) is -3.73. The van der Waals surface area contributed by atoms with Crippen molar-refractivity contribution in [3.8, 4) is 0 Å². The monoisotopic (exact) mass is 376 g/mol. The highest BCUT2D eigenvalue weighted by Crippen LogP contribution is 2.23. The Morgan fingerprint density at radius 1 is 1.21 bits per heavy atom. The molecule has 0 bridgehead atoms. The molecular formula is C15H21ClN2O5S. The van der Waals surface area contributed by atoms with Gasteiger partial charge in [-0.1, -0.05) is 25.4 Å². The third-order valence-corrected chi connectivity index (χ3v) is 5.58. The smallest absolute Gasteiger partial charge is 0.340 e. The number of carbonyl (C=O) groups is 2. The van der Waals surface area contributed by atoms with E-state index in [1.807, 2.05) is 0 Å². The van der Waals surface area contributed by atoms with Crippen molar-refractivity contribution in [2.45, 2.75) is 25.7 Å². The molecule has 0 spiro atoms. The van der Waals surface area contributed by atoms with E-state index in [2.05, 4.69) is 5.32 Å². The lowest BCUT2D eigenvalue weighted by Crippen LogP contribution is -2.31. The molecule has 24 heavy (non-hydrogen) atoms. The largest absolute Gasteiger partial charge is 0.452 e. The lowest BCUT2D eigenvalue weighted by molar-refractivity contribution is -0.124. The minimum absolute atomic E-state index is 0.0504. The first-order chi connectivity index (χ1) is 11.3. The molecule has 0 atom stereocenters. The van der Waals surface area contributed by atoms with Crippen LogP contribution in [0.15, 0.2) is 23.1 Å². The van der Waals surface area contributed by atoms with Crippen molar-refractivity contribution >= 4 is 33.5 Å². The molecule has 0 aliphatic heterocycles. The number of nitrogens with zero attached hydrogens (tertiary/aromatic N) is 1. The summed E-state index contributed by atoms with van der Waals surface area (Å²) in [5, 5.41) is 2.53. The van der Waals surface area contributed by atoms with Gasteiger partial charge in [0.25, 0.3) is 5.91 Å². The summed E-state index contributed by atoms with van der Waals surface area (Å²) in [6.07, 6.45) is 0. The van der Waals surface area contributed by atoms with Crippen molar-refractivity contribution in [2.75, 3.05) is 26.2 Å². The van der Waals surface area contributed by atoms with Gasteiger partial charge in [-0.2, -0.15) is 4.31 Å². The second-order valence-electron chi connectivity index (χ2n) is 4.76. The molecule has 1 N–H and O–H groups in total. The van der Waals surface area contributed by atoms with E-state index in [0.29, 0.717) is 19.6 Å². The van der Waals surface area contributed by atoms with E-state index in [9.17, 15) is 18.0 Å². The van der Waals surface area contributed by atoms with Crippen molar-refractivity contribution in [1.29, 1.82) is 0 Å². The molecule has 0 radical (unpaired) electrons. The molecule has 134 valence electrons. The number of hydrogen-bond acceptors (Lipinski definition) is 5. The number of esters is 1. The Labute approximate surface area is 147 Å². The first kappa shape index (κ1) is 20.4. The Hall–Kier alpha value is -1.64. The number of ether oxygens (including phenoxy) is 1. The maximum absolute atomic E-state index is 12.5. The van der Waals surface area contributed by atoms with Crippen LogP contribution in [0.5, 0.6) is 0 Å². The summed E-state index contributed by atoms with van der Waals surface area (Å²) in [5.74, 6) is -1.31. The number of benzene rings is 1. The topological polar surface area (TPSA) is 92.8 Å². The third kappa shape index (κ3) is 4.93. The Morgan fingerprint density at radius 3 is 2.38 bits per heavy atom. The number of amides is 1. The zero-order valence-electron chi connectivity index (χ0n) is 13.8. The molecule has 0 aliphatic carbocycles. The SMILES string of the molecule is CCNC(=O)COC(=O)c1cc(S(=O)(=O)N(CC)CC)ccc1Cl. The number of hydrogen-bond donors (Lipinski definition) is 1. The second-order valence-corrected chi connectivity index (χ2v) is 7.11. The predicted octanol–water partition coefficient (Wildman–Crippen LogP) is 1.66. The van der Waals surface area contributed by atoms with Crippen LogP contribution in [0.3, 0.4) is 0 Å². The predicted molar refractivity (Wildman–Crippen MR) is 90.5 cm³/mol. The molecule has 7 nitrogen and oxygen atoms in total. The Balaban J connectivity index is 3.06. The van der Waals surface area contributed by atoms with Gasteiger partial charge in [0.1, 0.15) is 0 Å². The van der Waals surface area contributed by atoms with E-state index in [1.165, 1.54) is 16.4 Å². The maximum Gasteiger partial charge on any atom is 0.340 e. The van der Waals surface area contributed by atoms with E-state index in [1.54, 1.807) is 20.8 Å². The van der Waals surface area contributed by atoms with Gasteiger partial charge >= 0.3 is 5.97 Å². The fourth-order valence-corrected chi connectivity index (χ4v) is 3.67. The molecule has 0 saturated heterocycles. The van der Waals surface area contributed by atoms with Gasteiger partial charge in [0, 0.05) is 19.6 Å². The van der Waals surface area contributed by atoms with Crippen LogP contribution in [0.25, 0.3) is 0 Å². The Kier molecular flexibility index (Phi) is 7.65. The first-order valence-electron chi connectivity index (χ1n) is 7.51. The quantitative estimate of drug-likeness (QED) is 0.696. The van der Waals surface area contributed by atoms with Gasteiger partial charge in [-0.15, -0.1) is 0 Å². The zero-order valence-corrected chi connectivity index (χ0v) is 15.4. The summed E-state index contributed by atoms with van der Waals surface area (Å²) < 4.78 is 31.1. The van der Waals surface area contributed by atoms with Crippen molar-refractivity contribution in [3.05, 3.63) is 28.8 Å². The Bertz CT molecular complexity index is 702. The lowest BCUT2D eigenvalue weighted by atomic mass is 10.2. The average molecular weight is 377 g/mol. The minimum atomic E-state index is -3.73. The fraction of sp³-hybridized carbons (Fsp3) is 0.467. The average Bonchev–Trinajstić information content (AvgIpc) is 2.54. The standard InChI is InChI=1S/C15H21ClN2O5S/c1-4-17-14(19)10-23-15(20)12-9-11(7-8-13(12)16)24(21,22)18(5-2)6-3/h7-9H,4-6,10H2,1-3H3,(H,17,19). The number of nitrogens with one attached hydrogen (secondary N) is 1. The number of halogens is 1. The summed E-state index contributed by atoms with van der Waals surface area (Å²) in [5.41, 5.74) is -0.103. The van der Waals surface area contributed by atoms with Crippen LogP contribution in [0.4, 0.5) is 0 Å². The first-order valence-corrected chi connectivity index (χ1v) is 9.33. The third-order valence-electron chi connectivity index (χ3n) is 3.21. The number of likely N-dealkylation sites (N-methyl/N-ethyl adjacent to an activating group) is 1. The van der Waals surface area contributed by atoms with Crippen LogP contribution in [0, 0.1) is 0 Å². The summed E-state index contributed by atoms with van der Waals surface area (Å²) >= 11 is 5.96. The van der Waals surface area contributed by atoms with E-state index < -0.39 is 28.5 Å². The molecule has 0 aromatic heterocycles. The van der Waals surface area contributed by atoms with Gasteiger partial charge in [-0.25, -0.2) is 13.2 Å². The summed E-state index contributed by atoms with van der Waals surface area (Å²) in [6, 6.07) is 3.81. The molecule has 9 heteroatoms. The van der Waals surface area contributed by atoms with Crippen LogP contribution in [-0.2, 0) is 19.6 Å². The number of sulfonamides is 1. The van der Waals surface area contributed by atoms with Crippen molar-refractivity contribution in [3.63, 3.8) is 0 Å². The molecule has 1 aromatic rings. The number of carbonyl (C=O) groups excluding carboxylic acids is 2. The zero-order chi connectivity index (χ0) is 18.3. The molecule has 0 fully saturated rings. The Morgan fingerprint density at radius 2 is 1.83 bits per heavy atom. The highest BCUT2D eigenvalue weighted by molar-refractivity contribution is 7.89. The van der Waals surface area contributed by atoms with Crippen molar-refractivity contribution < 1.29 is 22.7 Å². The van der Waals surface area contributed by atoms with Crippen LogP contribution in [-0.4, -0.2) is 50.8 Å². The van der Waals surface area contributed by atoms with Gasteiger partial charge in [0.2, 0.25) is 10.0 Å². The number of rotatable bonds is 8. The normalized spacial score (nSPS) is 11.4. The minimum Gasteiger partial charge on any atom is -0.452 e. The molecule has 1 rings (SSSR count). The van der Waals surface area contributed by atoms with Crippen LogP contribution >= 0.6 is 11.6 Å². The van der Waals surface area contributed by atoms with Gasteiger partial charge in [-0.3, -0.25) is 4.79 Å². The van der Waals surface area contributed by atoms with Crippen molar-refractivity contribution in [1.82, 2.24) is 9.62 Å². The fourth-order valence-electron chi connectivity index (χ4n) is 1.99. The van der Waals surface area contributed by atoms with Crippen LogP contribution in [0.1, 0.15) is 31.1 Å². The molecule has 0 aliphatic rings. The molecule has 0 unspecified atom stereocenters. The van der Waals surface area contributed by atoms with E-state index in [-0.39, 0.29) is 15.5 Å². The van der Waals surface area contributed by atoms with E-state index >= 15 is 0 Å². The maximum atomic E-state index is 12.5. The molecule has 0 saturated carbocycles. The second kappa shape index (κ2) is 9.00. The molecule has 0 heterocycles. The molecule has 1 amide bonds. The molecular weight excluding hydrogens is 356 g/mol. The van der Waals surface area contributed by atoms with Gasteiger partial charge in [-0.05, 0) is 25.1 Å². The van der Waals surface area contributed by atoms with Gasteiger partial charge < -0.3 is 10.1 Å². The van der Waals surface area contributed by atoms with Gasteiger partial charge in [0.05, 0.1) is 15.5 Å². The van der Waals surface area contributed by atoms with E-state index in [4.69, 9.17) is 16.3 Å². The van der Waals surface area contributed by atoms with Crippen LogP contribution in [0.2, 0.25) is 5.02 Å². The highest BCUT2D eigenvalue weighted by Gasteiger charge is 2.24. The highest BCUT2D eigenvalue weighted by atomic mass is 35.5. The van der Waals surface area contributed by atoms with E-state index in [0.717, 1.165) is 6.07 Å². The van der Waals surface area contributed by atoms with Crippen LogP contribution < -0.4 is 5.32 Å². The van der Waals surface area contributed by atoms with Gasteiger partial charge in [0.15, 0.2) is 6.61 Å². The lowest BCUT2D eigenvalue weighted by Gasteiger charge is -2.19. The van der Waals surface area contributed by atoms with Crippen molar-refractivity contribution in [2.24, 2.45) is 0 Å². The summed E-state index contributed by atoms with van der Waals surface area (Å²) in [6.45, 7) is 5.73. The summed E-state index contributed by atoms with van der Waals surface area (Å²) in [4.78, 5) is 23.3. The molecule has 1 aromatic carbocycles.